The highest BCUT2D eigenvalue weighted by molar-refractivity contribution is 5.73. The third-order valence-electron chi connectivity index (χ3n) is 5.19. The molecule has 0 atom stereocenters. The number of benzene rings is 1. The fourth-order valence-corrected chi connectivity index (χ4v) is 3.63. The number of likely N-dealkylation sites (tertiary alicyclic amines) is 1. The van der Waals surface area contributed by atoms with E-state index >= 15 is 0 Å². The maximum atomic E-state index is 11.6. The summed E-state index contributed by atoms with van der Waals surface area (Å²) in [6.07, 6.45) is 6.23. The molecule has 3 heterocycles. The van der Waals surface area contributed by atoms with Gasteiger partial charge in [-0.1, -0.05) is 30.3 Å². The Morgan fingerprint density at radius 3 is 2.67 bits per heavy atom. The van der Waals surface area contributed by atoms with Crippen molar-refractivity contribution >= 4 is 5.91 Å². The van der Waals surface area contributed by atoms with Gasteiger partial charge in [-0.15, -0.1) is 0 Å². The number of hydrogen-bond acceptors (Lipinski definition) is 4. The summed E-state index contributed by atoms with van der Waals surface area (Å²) in [6, 6.07) is 10.1. The predicted molar refractivity (Wildman–Crippen MR) is 102 cm³/mol. The van der Waals surface area contributed by atoms with E-state index in [0.29, 0.717) is 5.92 Å². The minimum absolute atomic E-state index is 0.152. The van der Waals surface area contributed by atoms with Crippen molar-refractivity contribution < 1.29 is 4.79 Å². The summed E-state index contributed by atoms with van der Waals surface area (Å²) in [5.41, 5.74) is 2.12. The summed E-state index contributed by atoms with van der Waals surface area (Å²) in [7, 11) is 0. The van der Waals surface area contributed by atoms with Gasteiger partial charge >= 0.3 is 0 Å². The predicted octanol–water partition coefficient (Wildman–Crippen LogP) is 2.64. The molecular formula is C20H24N6O. The topological polar surface area (TPSA) is 79.7 Å². The number of hydrogen-bond donors (Lipinski definition) is 1. The van der Waals surface area contributed by atoms with Gasteiger partial charge in [0, 0.05) is 56.4 Å². The molecule has 3 aromatic rings. The first kappa shape index (κ1) is 17.5. The number of piperidine rings is 1. The molecule has 2 aromatic heterocycles. The first-order chi connectivity index (χ1) is 13.2. The van der Waals surface area contributed by atoms with Crippen LogP contribution in [0.25, 0.3) is 11.4 Å². The van der Waals surface area contributed by atoms with Gasteiger partial charge in [-0.25, -0.2) is 14.6 Å². The fraction of sp³-hybridized carbons (Fsp3) is 0.400. The molecule has 4 rings (SSSR count). The number of amides is 1. The van der Waals surface area contributed by atoms with Crippen LogP contribution in [0.1, 0.15) is 37.2 Å². The van der Waals surface area contributed by atoms with Crippen molar-refractivity contribution in [2.75, 3.05) is 13.1 Å². The molecule has 1 fully saturated rings. The molecule has 0 unspecified atom stereocenters. The Morgan fingerprint density at radius 2 is 2.00 bits per heavy atom. The highest BCUT2D eigenvalue weighted by Gasteiger charge is 2.26. The third kappa shape index (κ3) is 3.92. The summed E-state index contributed by atoms with van der Waals surface area (Å²) in [5.74, 6) is 2.27. The Morgan fingerprint density at radius 1 is 1.22 bits per heavy atom. The van der Waals surface area contributed by atoms with Crippen LogP contribution in [-0.4, -0.2) is 48.6 Å². The number of aryl methyl sites for hydroxylation is 2. The smallest absolute Gasteiger partial charge is 0.219 e. The Labute approximate surface area is 158 Å². The number of rotatable bonds is 5. The van der Waals surface area contributed by atoms with Crippen molar-refractivity contribution in [3.63, 3.8) is 0 Å². The zero-order valence-corrected chi connectivity index (χ0v) is 15.5. The van der Waals surface area contributed by atoms with Gasteiger partial charge in [-0.05, 0) is 12.8 Å². The van der Waals surface area contributed by atoms with E-state index < -0.39 is 0 Å². The summed E-state index contributed by atoms with van der Waals surface area (Å²) in [4.78, 5) is 25.7. The Bertz CT molecular complexity index is 879. The first-order valence-electron chi connectivity index (χ1n) is 9.43. The van der Waals surface area contributed by atoms with E-state index in [9.17, 15) is 4.79 Å². The van der Waals surface area contributed by atoms with Crippen LogP contribution in [0.5, 0.6) is 0 Å². The quantitative estimate of drug-likeness (QED) is 0.755. The number of carbonyl (C=O) groups is 1. The zero-order valence-electron chi connectivity index (χ0n) is 15.5. The number of nitrogens with zero attached hydrogens (tertiary/aromatic N) is 5. The van der Waals surface area contributed by atoms with E-state index in [4.69, 9.17) is 10.1 Å². The van der Waals surface area contributed by atoms with Crippen molar-refractivity contribution in [1.82, 2.24) is 29.6 Å². The highest BCUT2D eigenvalue weighted by atomic mass is 16.2. The number of H-pyrrole nitrogens is 1. The largest absolute Gasteiger partial charge is 0.348 e. The van der Waals surface area contributed by atoms with Crippen molar-refractivity contribution in [3.05, 3.63) is 54.4 Å². The molecule has 0 bridgehead atoms. The lowest BCUT2D eigenvalue weighted by Gasteiger charge is -2.30. The number of imidazole rings is 1. The second-order valence-electron chi connectivity index (χ2n) is 6.99. The molecule has 1 amide bonds. The Balaban J connectivity index is 1.58. The number of aromatic nitrogens is 5. The van der Waals surface area contributed by atoms with Crippen LogP contribution >= 0.6 is 0 Å². The molecule has 140 valence electrons. The van der Waals surface area contributed by atoms with Gasteiger partial charge in [0.1, 0.15) is 5.82 Å². The van der Waals surface area contributed by atoms with Gasteiger partial charge < -0.3 is 9.88 Å². The van der Waals surface area contributed by atoms with Gasteiger partial charge in [-0.3, -0.25) is 4.79 Å². The van der Waals surface area contributed by atoms with Crippen molar-refractivity contribution in [1.29, 1.82) is 0 Å². The Kier molecular flexibility index (Phi) is 5.00. The molecule has 0 radical (unpaired) electrons. The average molecular weight is 364 g/mol. The lowest BCUT2D eigenvalue weighted by molar-refractivity contribution is -0.129. The molecule has 0 spiro atoms. The monoisotopic (exact) mass is 364 g/mol. The molecule has 1 aromatic carbocycles. The molecular weight excluding hydrogens is 340 g/mol. The number of nitrogens with one attached hydrogen (secondary N) is 1. The highest BCUT2D eigenvalue weighted by Crippen LogP contribution is 2.29. The standard InChI is InChI=1S/C20H24N6O/c1-15(27)25-10-7-17(8-11-25)20-23-19(16-5-3-2-4-6-16)24-26(20)12-9-18-13-21-14-22-18/h2-6,13-14,17H,7-12H2,1H3,(H,21,22). The molecule has 7 nitrogen and oxygen atoms in total. The molecule has 1 saturated heterocycles. The summed E-state index contributed by atoms with van der Waals surface area (Å²) >= 11 is 0. The van der Waals surface area contributed by atoms with Gasteiger partial charge in [-0.2, -0.15) is 5.10 Å². The van der Waals surface area contributed by atoms with Crippen LogP contribution in [0.3, 0.4) is 0 Å². The summed E-state index contributed by atoms with van der Waals surface area (Å²) in [5, 5.41) is 4.80. The molecule has 1 aliphatic heterocycles. The van der Waals surface area contributed by atoms with Crippen LogP contribution in [0.2, 0.25) is 0 Å². The maximum absolute atomic E-state index is 11.6. The Hall–Kier alpha value is -2.96. The van der Waals surface area contributed by atoms with Crippen LogP contribution in [-0.2, 0) is 17.8 Å². The van der Waals surface area contributed by atoms with E-state index in [2.05, 4.69) is 9.97 Å². The molecule has 27 heavy (non-hydrogen) atoms. The number of aromatic amines is 1. The second-order valence-corrected chi connectivity index (χ2v) is 6.99. The van der Waals surface area contributed by atoms with E-state index in [0.717, 1.165) is 61.8 Å². The molecule has 0 saturated carbocycles. The minimum atomic E-state index is 0.152. The number of carbonyl (C=O) groups excluding carboxylic acids is 1. The summed E-state index contributed by atoms with van der Waals surface area (Å²) in [6.45, 7) is 3.97. The first-order valence-corrected chi connectivity index (χ1v) is 9.43. The van der Waals surface area contributed by atoms with Gasteiger partial charge in [0.15, 0.2) is 5.82 Å². The normalized spacial score (nSPS) is 15.2. The SMILES string of the molecule is CC(=O)N1CCC(c2nc(-c3ccccc3)nn2CCc2cnc[nH]2)CC1. The molecule has 1 aliphatic rings. The maximum Gasteiger partial charge on any atom is 0.219 e. The van der Waals surface area contributed by atoms with Crippen LogP contribution in [0.15, 0.2) is 42.9 Å². The zero-order chi connectivity index (χ0) is 18.6. The third-order valence-corrected chi connectivity index (χ3v) is 5.19. The molecule has 7 heteroatoms. The fourth-order valence-electron chi connectivity index (χ4n) is 3.63. The van der Waals surface area contributed by atoms with Gasteiger partial charge in [0.05, 0.1) is 6.33 Å². The average Bonchev–Trinajstić information content (AvgIpc) is 3.37. The van der Waals surface area contributed by atoms with Crippen LogP contribution in [0, 0.1) is 0 Å². The van der Waals surface area contributed by atoms with Crippen molar-refractivity contribution in [3.8, 4) is 11.4 Å². The lowest BCUT2D eigenvalue weighted by Crippen LogP contribution is -2.37. The van der Waals surface area contributed by atoms with E-state index in [1.807, 2.05) is 46.1 Å². The summed E-state index contributed by atoms with van der Waals surface area (Å²) < 4.78 is 2.04. The second kappa shape index (κ2) is 7.73. The van der Waals surface area contributed by atoms with Gasteiger partial charge in [0.25, 0.3) is 0 Å². The van der Waals surface area contributed by atoms with E-state index in [1.165, 1.54) is 0 Å². The lowest BCUT2D eigenvalue weighted by atomic mass is 9.96. The van der Waals surface area contributed by atoms with Crippen LogP contribution < -0.4 is 0 Å². The van der Waals surface area contributed by atoms with Gasteiger partial charge in [0.2, 0.25) is 5.91 Å². The molecule has 1 N–H and O–H groups in total. The van der Waals surface area contributed by atoms with Crippen molar-refractivity contribution in [2.24, 2.45) is 0 Å². The van der Waals surface area contributed by atoms with Crippen molar-refractivity contribution in [2.45, 2.75) is 38.6 Å². The van der Waals surface area contributed by atoms with E-state index in [1.54, 1.807) is 13.3 Å². The molecule has 0 aliphatic carbocycles. The minimum Gasteiger partial charge on any atom is -0.348 e. The van der Waals surface area contributed by atoms with E-state index in [-0.39, 0.29) is 5.91 Å². The van der Waals surface area contributed by atoms with Crippen LogP contribution in [0.4, 0.5) is 0 Å².